The summed E-state index contributed by atoms with van der Waals surface area (Å²) < 4.78 is 5.66. The first-order valence-electron chi connectivity index (χ1n) is 5.99. The van der Waals surface area contributed by atoms with Crippen molar-refractivity contribution in [1.82, 2.24) is 4.90 Å². The highest BCUT2D eigenvalue weighted by molar-refractivity contribution is 5.76. The highest BCUT2D eigenvalue weighted by Gasteiger charge is 2.27. The number of ether oxygens (including phenoxy) is 1. The quantitative estimate of drug-likeness (QED) is 0.839. The van der Waals surface area contributed by atoms with Crippen LogP contribution in [-0.2, 0) is 4.79 Å². The smallest absolute Gasteiger partial charge is 0.222 e. The lowest BCUT2D eigenvalue weighted by Crippen LogP contribution is -2.39. The molecule has 4 heteroatoms. The maximum Gasteiger partial charge on any atom is 0.222 e. The van der Waals surface area contributed by atoms with E-state index in [9.17, 15) is 4.79 Å². The van der Waals surface area contributed by atoms with Gasteiger partial charge in [-0.1, -0.05) is 25.1 Å². The summed E-state index contributed by atoms with van der Waals surface area (Å²) in [4.78, 5) is 13.7. The zero-order valence-electron chi connectivity index (χ0n) is 10.1. The third-order valence-electron chi connectivity index (χ3n) is 3.09. The second kappa shape index (κ2) is 5.19. The monoisotopic (exact) mass is 234 g/mol. The van der Waals surface area contributed by atoms with Gasteiger partial charge in [0, 0.05) is 18.5 Å². The van der Waals surface area contributed by atoms with Crippen molar-refractivity contribution in [2.75, 3.05) is 19.7 Å². The Kier molecular flexibility index (Phi) is 3.64. The molecule has 17 heavy (non-hydrogen) atoms. The third kappa shape index (κ3) is 2.26. The van der Waals surface area contributed by atoms with Gasteiger partial charge in [-0.05, 0) is 6.07 Å². The standard InChI is InChI=1S/C13H18N2O2/c1-2-13(16)15-7-8-17-12-6-4-3-5-10(12)11(15)9-14/h3-6,11H,2,7-9,14H2,1H3. The topological polar surface area (TPSA) is 55.6 Å². The van der Waals surface area contributed by atoms with E-state index in [0.29, 0.717) is 26.1 Å². The average Bonchev–Trinajstić information content (AvgIpc) is 2.56. The van der Waals surface area contributed by atoms with E-state index in [0.717, 1.165) is 11.3 Å². The van der Waals surface area contributed by atoms with Crippen molar-refractivity contribution in [1.29, 1.82) is 0 Å². The summed E-state index contributed by atoms with van der Waals surface area (Å²) in [5.41, 5.74) is 6.83. The van der Waals surface area contributed by atoms with Crippen LogP contribution in [0.1, 0.15) is 24.9 Å². The van der Waals surface area contributed by atoms with E-state index >= 15 is 0 Å². The van der Waals surface area contributed by atoms with E-state index in [2.05, 4.69) is 0 Å². The molecule has 0 saturated heterocycles. The SMILES string of the molecule is CCC(=O)N1CCOc2ccccc2C1CN. The van der Waals surface area contributed by atoms with Crippen LogP contribution < -0.4 is 10.5 Å². The van der Waals surface area contributed by atoms with Crippen LogP contribution in [0, 0.1) is 0 Å². The van der Waals surface area contributed by atoms with Gasteiger partial charge >= 0.3 is 0 Å². The van der Waals surface area contributed by atoms with Crippen LogP contribution in [-0.4, -0.2) is 30.5 Å². The summed E-state index contributed by atoms with van der Waals surface area (Å²) in [6, 6.07) is 7.72. The Morgan fingerprint density at radius 2 is 2.29 bits per heavy atom. The number of amides is 1. The number of hydrogen-bond donors (Lipinski definition) is 1. The normalized spacial score (nSPS) is 19.2. The lowest BCUT2D eigenvalue weighted by Gasteiger charge is -2.28. The zero-order chi connectivity index (χ0) is 12.3. The molecule has 1 aliphatic heterocycles. The minimum absolute atomic E-state index is 0.0684. The van der Waals surface area contributed by atoms with Gasteiger partial charge in [-0.15, -0.1) is 0 Å². The molecule has 1 aliphatic rings. The molecule has 1 amide bonds. The number of hydrogen-bond acceptors (Lipinski definition) is 3. The van der Waals surface area contributed by atoms with Crippen LogP contribution >= 0.6 is 0 Å². The highest BCUT2D eigenvalue weighted by atomic mass is 16.5. The van der Waals surface area contributed by atoms with Gasteiger partial charge in [-0.25, -0.2) is 0 Å². The van der Waals surface area contributed by atoms with Crippen molar-refractivity contribution < 1.29 is 9.53 Å². The molecule has 4 nitrogen and oxygen atoms in total. The fourth-order valence-corrected chi connectivity index (χ4v) is 2.22. The molecule has 0 spiro atoms. The summed E-state index contributed by atoms with van der Waals surface area (Å²) in [5.74, 6) is 0.968. The van der Waals surface area contributed by atoms with E-state index < -0.39 is 0 Å². The summed E-state index contributed by atoms with van der Waals surface area (Å²) in [7, 11) is 0. The molecule has 1 aromatic rings. The van der Waals surface area contributed by atoms with Gasteiger partial charge in [0.1, 0.15) is 12.4 Å². The maximum absolute atomic E-state index is 11.9. The zero-order valence-corrected chi connectivity index (χ0v) is 10.1. The van der Waals surface area contributed by atoms with E-state index in [1.54, 1.807) is 0 Å². The van der Waals surface area contributed by atoms with Crippen LogP contribution in [0.25, 0.3) is 0 Å². The van der Waals surface area contributed by atoms with Crippen LogP contribution in [0.2, 0.25) is 0 Å². The first-order chi connectivity index (χ1) is 8.27. The molecule has 1 unspecified atom stereocenters. The van der Waals surface area contributed by atoms with E-state index in [-0.39, 0.29) is 11.9 Å². The average molecular weight is 234 g/mol. The largest absolute Gasteiger partial charge is 0.491 e. The Hall–Kier alpha value is -1.55. The number of rotatable bonds is 2. The molecule has 0 fully saturated rings. The van der Waals surface area contributed by atoms with Gasteiger partial charge in [0.2, 0.25) is 5.91 Å². The van der Waals surface area contributed by atoms with Gasteiger partial charge in [0.05, 0.1) is 12.6 Å². The van der Waals surface area contributed by atoms with Crippen LogP contribution in [0.4, 0.5) is 0 Å². The minimum atomic E-state index is -0.0684. The number of carbonyl (C=O) groups is 1. The number of benzene rings is 1. The summed E-state index contributed by atoms with van der Waals surface area (Å²) >= 11 is 0. The van der Waals surface area contributed by atoms with Gasteiger partial charge in [-0.2, -0.15) is 0 Å². The van der Waals surface area contributed by atoms with Gasteiger partial charge in [0.15, 0.2) is 0 Å². The Bertz CT molecular complexity index is 406. The molecule has 1 heterocycles. The second-order valence-corrected chi connectivity index (χ2v) is 4.08. The second-order valence-electron chi connectivity index (χ2n) is 4.08. The maximum atomic E-state index is 11.9. The van der Waals surface area contributed by atoms with Crippen LogP contribution in [0.3, 0.4) is 0 Å². The number of carbonyl (C=O) groups excluding carboxylic acids is 1. The Balaban J connectivity index is 2.37. The number of nitrogens with zero attached hydrogens (tertiary/aromatic N) is 1. The van der Waals surface area contributed by atoms with Crippen molar-refractivity contribution in [2.45, 2.75) is 19.4 Å². The Labute approximate surface area is 101 Å². The van der Waals surface area contributed by atoms with Crippen molar-refractivity contribution in [3.05, 3.63) is 29.8 Å². The molecule has 0 aromatic heterocycles. The molecule has 2 rings (SSSR count). The molecule has 1 atom stereocenters. The highest BCUT2D eigenvalue weighted by Crippen LogP contribution is 2.31. The molecule has 1 aromatic carbocycles. The van der Waals surface area contributed by atoms with Crippen molar-refractivity contribution in [3.63, 3.8) is 0 Å². The summed E-state index contributed by atoms with van der Waals surface area (Å²) in [6.07, 6.45) is 0.499. The summed E-state index contributed by atoms with van der Waals surface area (Å²) in [6.45, 7) is 3.42. The molecule has 92 valence electrons. The third-order valence-corrected chi connectivity index (χ3v) is 3.09. The first-order valence-corrected chi connectivity index (χ1v) is 5.99. The van der Waals surface area contributed by atoms with Crippen molar-refractivity contribution >= 4 is 5.91 Å². The molecule has 0 bridgehead atoms. The van der Waals surface area contributed by atoms with Crippen LogP contribution in [0.15, 0.2) is 24.3 Å². The van der Waals surface area contributed by atoms with E-state index in [1.165, 1.54) is 0 Å². The molecular formula is C13H18N2O2. The number of fused-ring (bicyclic) bond motifs is 1. The lowest BCUT2D eigenvalue weighted by atomic mass is 10.0. The lowest BCUT2D eigenvalue weighted by molar-refractivity contribution is -0.133. The van der Waals surface area contributed by atoms with Crippen molar-refractivity contribution in [3.8, 4) is 5.75 Å². The van der Waals surface area contributed by atoms with E-state index in [4.69, 9.17) is 10.5 Å². The fraction of sp³-hybridized carbons (Fsp3) is 0.462. The van der Waals surface area contributed by atoms with Gasteiger partial charge < -0.3 is 15.4 Å². The van der Waals surface area contributed by atoms with Crippen molar-refractivity contribution in [2.24, 2.45) is 5.73 Å². The van der Waals surface area contributed by atoms with Crippen LogP contribution in [0.5, 0.6) is 5.75 Å². The predicted molar refractivity (Wildman–Crippen MR) is 65.7 cm³/mol. The molecular weight excluding hydrogens is 216 g/mol. The first kappa shape index (κ1) is 11.9. The molecule has 0 aliphatic carbocycles. The van der Waals surface area contributed by atoms with Gasteiger partial charge in [0.25, 0.3) is 0 Å². The predicted octanol–water partition coefficient (Wildman–Crippen LogP) is 1.32. The molecule has 2 N–H and O–H groups in total. The van der Waals surface area contributed by atoms with E-state index in [1.807, 2.05) is 36.1 Å². The molecule has 0 saturated carbocycles. The molecule has 0 radical (unpaired) electrons. The van der Waals surface area contributed by atoms with Gasteiger partial charge in [-0.3, -0.25) is 4.79 Å². The Morgan fingerprint density at radius 3 is 3.00 bits per heavy atom. The number of nitrogens with two attached hydrogens (primary N) is 1. The Morgan fingerprint density at radius 1 is 1.53 bits per heavy atom. The fourth-order valence-electron chi connectivity index (χ4n) is 2.22. The summed E-state index contributed by atoms with van der Waals surface area (Å²) in [5, 5.41) is 0. The minimum Gasteiger partial charge on any atom is -0.491 e. The number of para-hydroxylation sites is 1.